The van der Waals surface area contributed by atoms with Gasteiger partial charge in [-0.3, -0.25) is 4.68 Å². The molecule has 1 aromatic heterocycles. The first-order valence-corrected chi connectivity index (χ1v) is 8.40. The van der Waals surface area contributed by atoms with E-state index in [-0.39, 0.29) is 0 Å². The van der Waals surface area contributed by atoms with Gasteiger partial charge >= 0.3 is 0 Å². The van der Waals surface area contributed by atoms with Crippen LogP contribution in [0.2, 0.25) is 0 Å². The Morgan fingerprint density at radius 1 is 1.56 bits per heavy atom. The Balaban J connectivity index is 1.93. The fraction of sp³-hybridized carbons (Fsp3) is 0.769. The Kier molecular flexibility index (Phi) is 4.78. The second-order valence-corrected chi connectivity index (χ2v) is 7.64. The van der Waals surface area contributed by atoms with Crippen molar-refractivity contribution in [3.8, 4) is 0 Å². The van der Waals surface area contributed by atoms with Gasteiger partial charge in [0.25, 0.3) is 0 Å². The average Bonchev–Trinajstić information content (AvgIpc) is 2.88. The Morgan fingerprint density at radius 3 is 2.94 bits per heavy atom. The second-order valence-electron chi connectivity index (χ2n) is 5.17. The van der Waals surface area contributed by atoms with Gasteiger partial charge in [-0.15, -0.1) is 0 Å². The first-order chi connectivity index (χ1) is 8.56. The Morgan fingerprint density at radius 2 is 2.33 bits per heavy atom. The molecule has 1 N–H and O–H groups in total. The van der Waals surface area contributed by atoms with Crippen LogP contribution in [0.5, 0.6) is 0 Å². The third kappa shape index (κ3) is 3.11. The molecule has 0 bridgehead atoms. The highest BCUT2D eigenvalue weighted by Crippen LogP contribution is 2.37. The molecule has 0 aliphatic carbocycles. The molecule has 1 unspecified atom stereocenters. The minimum absolute atomic E-state index is 0.429. The van der Waals surface area contributed by atoms with E-state index in [4.69, 9.17) is 0 Å². The van der Waals surface area contributed by atoms with Crippen LogP contribution in [-0.2, 0) is 13.1 Å². The predicted molar refractivity (Wildman–Crippen MR) is 82.1 cm³/mol. The topological polar surface area (TPSA) is 29.9 Å². The number of hydrogen-bond acceptors (Lipinski definition) is 3. The third-order valence-corrected chi connectivity index (χ3v) is 6.11. The number of hydrogen-bond donors (Lipinski definition) is 1. The summed E-state index contributed by atoms with van der Waals surface area (Å²) in [7, 11) is 0. The van der Waals surface area contributed by atoms with E-state index in [0.29, 0.717) is 4.75 Å². The highest BCUT2D eigenvalue weighted by Gasteiger charge is 2.28. The van der Waals surface area contributed by atoms with E-state index >= 15 is 0 Å². The van der Waals surface area contributed by atoms with Gasteiger partial charge in [-0.05, 0) is 55.3 Å². The lowest BCUT2D eigenvalue weighted by molar-refractivity contribution is 0.516. The van der Waals surface area contributed by atoms with Crippen molar-refractivity contribution in [1.82, 2.24) is 15.1 Å². The second kappa shape index (κ2) is 5.97. The van der Waals surface area contributed by atoms with Gasteiger partial charge in [0.2, 0.25) is 0 Å². The molecule has 1 fully saturated rings. The minimum atomic E-state index is 0.429. The van der Waals surface area contributed by atoms with Crippen LogP contribution >= 0.6 is 27.7 Å². The Labute approximate surface area is 122 Å². The van der Waals surface area contributed by atoms with Crippen molar-refractivity contribution in [1.29, 1.82) is 0 Å². The van der Waals surface area contributed by atoms with E-state index in [1.165, 1.54) is 24.3 Å². The van der Waals surface area contributed by atoms with Gasteiger partial charge in [-0.2, -0.15) is 16.9 Å². The lowest BCUT2D eigenvalue weighted by Crippen LogP contribution is -2.33. The quantitative estimate of drug-likeness (QED) is 0.897. The van der Waals surface area contributed by atoms with E-state index in [9.17, 15) is 0 Å². The summed E-state index contributed by atoms with van der Waals surface area (Å²) in [4.78, 5) is 0. The summed E-state index contributed by atoms with van der Waals surface area (Å²) in [5, 5.41) is 8.12. The highest BCUT2D eigenvalue weighted by atomic mass is 79.9. The van der Waals surface area contributed by atoms with Crippen LogP contribution < -0.4 is 5.32 Å². The van der Waals surface area contributed by atoms with Gasteiger partial charge in [0, 0.05) is 24.4 Å². The molecule has 1 aromatic rings. The van der Waals surface area contributed by atoms with Gasteiger partial charge in [-0.1, -0.05) is 0 Å². The number of aromatic nitrogens is 2. The van der Waals surface area contributed by atoms with Crippen molar-refractivity contribution in [2.75, 3.05) is 12.3 Å². The van der Waals surface area contributed by atoms with E-state index in [2.05, 4.69) is 56.6 Å². The number of halogens is 1. The molecule has 3 nitrogen and oxygen atoms in total. The summed E-state index contributed by atoms with van der Waals surface area (Å²) in [6.07, 6.45) is 2.69. The third-order valence-electron chi connectivity index (χ3n) is 3.54. The molecule has 102 valence electrons. The molecule has 1 atom stereocenters. The van der Waals surface area contributed by atoms with Crippen LogP contribution in [0.25, 0.3) is 0 Å². The first kappa shape index (κ1) is 14.4. The molecule has 2 heterocycles. The van der Waals surface area contributed by atoms with Crippen molar-refractivity contribution in [3.05, 3.63) is 15.9 Å². The van der Waals surface area contributed by atoms with Gasteiger partial charge in [0.15, 0.2) is 0 Å². The average molecular weight is 332 g/mol. The van der Waals surface area contributed by atoms with E-state index in [1.54, 1.807) is 0 Å². The molecule has 0 saturated carbocycles. The van der Waals surface area contributed by atoms with Crippen molar-refractivity contribution in [2.24, 2.45) is 0 Å². The largest absolute Gasteiger partial charge is 0.310 e. The monoisotopic (exact) mass is 331 g/mol. The van der Waals surface area contributed by atoms with E-state index in [1.807, 2.05) is 6.92 Å². The SMILES string of the molecule is CCn1nc(C)c(Br)c1CNCC1(C)CCCS1. The van der Waals surface area contributed by atoms with Crippen LogP contribution in [0.15, 0.2) is 4.47 Å². The van der Waals surface area contributed by atoms with Crippen LogP contribution in [0.3, 0.4) is 0 Å². The zero-order valence-corrected chi connectivity index (χ0v) is 13.8. The molecule has 2 rings (SSSR count). The van der Waals surface area contributed by atoms with Crippen molar-refractivity contribution >= 4 is 27.7 Å². The number of thioether (sulfide) groups is 1. The maximum Gasteiger partial charge on any atom is 0.0739 e. The van der Waals surface area contributed by atoms with Crippen molar-refractivity contribution in [2.45, 2.75) is 51.4 Å². The van der Waals surface area contributed by atoms with Crippen molar-refractivity contribution < 1.29 is 0 Å². The van der Waals surface area contributed by atoms with E-state index in [0.717, 1.165) is 29.8 Å². The van der Waals surface area contributed by atoms with Gasteiger partial charge < -0.3 is 5.32 Å². The number of aryl methyl sites for hydroxylation is 2. The molecule has 0 amide bonds. The van der Waals surface area contributed by atoms with Crippen LogP contribution in [-0.4, -0.2) is 26.8 Å². The normalized spacial score (nSPS) is 23.8. The summed E-state index contributed by atoms with van der Waals surface area (Å²) in [5.74, 6) is 1.31. The molecular weight excluding hydrogens is 310 g/mol. The zero-order chi connectivity index (χ0) is 13.2. The lowest BCUT2D eigenvalue weighted by Gasteiger charge is -2.23. The number of nitrogens with one attached hydrogen (secondary N) is 1. The van der Waals surface area contributed by atoms with Crippen LogP contribution in [0, 0.1) is 6.92 Å². The smallest absolute Gasteiger partial charge is 0.0739 e. The van der Waals surface area contributed by atoms with Gasteiger partial charge in [0.1, 0.15) is 0 Å². The molecule has 5 heteroatoms. The summed E-state index contributed by atoms with van der Waals surface area (Å²) in [6, 6.07) is 0. The molecule has 0 radical (unpaired) electrons. The summed E-state index contributed by atoms with van der Waals surface area (Å²) < 4.78 is 3.66. The fourth-order valence-electron chi connectivity index (χ4n) is 2.46. The highest BCUT2D eigenvalue weighted by molar-refractivity contribution is 9.10. The molecular formula is C13H22BrN3S. The first-order valence-electron chi connectivity index (χ1n) is 6.62. The summed E-state index contributed by atoms with van der Waals surface area (Å²) >= 11 is 5.74. The van der Waals surface area contributed by atoms with Crippen molar-refractivity contribution in [3.63, 3.8) is 0 Å². The maximum absolute atomic E-state index is 4.52. The fourth-order valence-corrected chi connectivity index (χ4v) is 4.16. The zero-order valence-electron chi connectivity index (χ0n) is 11.4. The summed E-state index contributed by atoms with van der Waals surface area (Å²) in [6.45, 7) is 9.46. The molecule has 0 spiro atoms. The molecule has 1 aliphatic heterocycles. The standard InChI is InChI=1S/C13H22BrN3S/c1-4-17-11(12(14)10(2)16-17)8-15-9-13(3)6-5-7-18-13/h15H,4-9H2,1-3H3. The Hall–Kier alpha value is -0.0000000000000000555. The molecule has 18 heavy (non-hydrogen) atoms. The van der Waals surface area contributed by atoms with E-state index < -0.39 is 0 Å². The van der Waals surface area contributed by atoms with Crippen LogP contribution in [0.1, 0.15) is 38.1 Å². The van der Waals surface area contributed by atoms with Crippen LogP contribution in [0.4, 0.5) is 0 Å². The van der Waals surface area contributed by atoms with Gasteiger partial charge in [-0.25, -0.2) is 0 Å². The minimum Gasteiger partial charge on any atom is -0.310 e. The number of nitrogens with zero attached hydrogens (tertiary/aromatic N) is 2. The Bertz CT molecular complexity index is 411. The molecule has 1 aliphatic rings. The number of rotatable bonds is 5. The summed E-state index contributed by atoms with van der Waals surface area (Å²) in [5.41, 5.74) is 2.34. The molecule has 0 aromatic carbocycles. The predicted octanol–water partition coefficient (Wildman–Crippen LogP) is 3.35. The lowest BCUT2D eigenvalue weighted by atomic mass is 10.1. The molecule has 1 saturated heterocycles. The maximum atomic E-state index is 4.52. The van der Waals surface area contributed by atoms with Gasteiger partial charge in [0.05, 0.1) is 15.9 Å².